The van der Waals surface area contributed by atoms with Gasteiger partial charge >= 0.3 is 0 Å². The molecule has 4 nitrogen and oxygen atoms in total. The average molecular weight is 335 g/mol. The van der Waals surface area contributed by atoms with Gasteiger partial charge in [-0.25, -0.2) is 0 Å². The van der Waals surface area contributed by atoms with Crippen LogP contribution in [0, 0.1) is 0 Å². The molecule has 5 heteroatoms. The molecule has 0 radical (unpaired) electrons. The lowest BCUT2D eigenvalue weighted by Gasteiger charge is -2.17. The second-order valence-electron chi connectivity index (χ2n) is 4.53. The predicted octanol–water partition coefficient (Wildman–Crippen LogP) is 3.47. The number of phenols is 1. The van der Waals surface area contributed by atoms with Crippen molar-refractivity contribution in [2.75, 3.05) is 24.3 Å². The summed E-state index contributed by atoms with van der Waals surface area (Å²) in [6.07, 6.45) is 0. The summed E-state index contributed by atoms with van der Waals surface area (Å²) >= 11 is 3.19. The van der Waals surface area contributed by atoms with E-state index in [1.165, 1.54) is 6.07 Å². The lowest BCUT2D eigenvalue weighted by atomic mass is 10.2. The number of phenolic OH excluding ortho intramolecular Hbond substituents is 1. The highest BCUT2D eigenvalue weighted by atomic mass is 79.9. The number of carbonyl (C=O) groups is 1. The predicted molar refractivity (Wildman–Crippen MR) is 84.5 cm³/mol. The van der Waals surface area contributed by atoms with Crippen molar-refractivity contribution in [3.8, 4) is 5.75 Å². The third-order valence-electron chi connectivity index (χ3n) is 2.84. The Hall–Kier alpha value is -2.01. The van der Waals surface area contributed by atoms with E-state index in [1.807, 2.05) is 43.3 Å². The Morgan fingerprint density at radius 2 is 1.90 bits per heavy atom. The lowest BCUT2D eigenvalue weighted by molar-refractivity contribution is 0.102. The number of para-hydroxylation sites is 2. The van der Waals surface area contributed by atoms with Crippen LogP contribution in [-0.4, -0.2) is 25.1 Å². The molecule has 0 spiro atoms. The van der Waals surface area contributed by atoms with Gasteiger partial charge in [-0.2, -0.15) is 0 Å². The first-order valence-electron chi connectivity index (χ1n) is 6.05. The fraction of sp³-hybridized carbons (Fsp3) is 0.133. The lowest BCUT2D eigenvalue weighted by Crippen LogP contribution is -2.16. The van der Waals surface area contributed by atoms with E-state index in [0.29, 0.717) is 10.0 Å². The first-order valence-corrected chi connectivity index (χ1v) is 6.84. The molecule has 0 heterocycles. The smallest absolute Gasteiger partial charge is 0.255 e. The summed E-state index contributed by atoms with van der Waals surface area (Å²) in [6, 6.07) is 12.3. The molecule has 0 saturated heterocycles. The van der Waals surface area contributed by atoms with E-state index in [0.717, 1.165) is 11.4 Å². The zero-order chi connectivity index (χ0) is 14.7. The van der Waals surface area contributed by atoms with E-state index in [-0.39, 0.29) is 11.7 Å². The number of hydrogen-bond acceptors (Lipinski definition) is 3. The molecule has 1 amide bonds. The zero-order valence-corrected chi connectivity index (χ0v) is 12.8. The van der Waals surface area contributed by atoms with Gasteiger partial charge in [-0.1, -0.05) is 12.1 Å². The molecule has 0 aliphatic rings. The number of amides is 1. The Kier molecular flexibility index (Phi) is 4.29. The number of nitrogens with zero attached hydrogens (tertiary/aromatic N) is 1. The molecular weight excluding hydrogens is 320 g/mol. The van der Waals surface area contributed by atoms with Crippen molar-refractivity contribution >= 4 is 33.2 Å². The minimum atomic E-state index is -0.262. The summed E-state index contributed by atoms with van der Waals surface area (Å²) in [6.45, 7) is 0. The third kappa shape index (κ3) is 3.11. The maximum Gasteiger partial charge on any atom is 0.255 e. The Morgan fingerprint density at radius 1 is 1.20 bits per heavy atom. The van der Waals surface area contributed by atoms with Crippen LogP contribution >= 0.6 is 15.9 Å². The number of rotatable bonds is 3. The normalized spacial score (nSPS) is 10.2. The highest BCUT2D eigenvalue weighted by Gasteiger charge is 2.11. The highest BCUT2D eigenvalue weighted by Crippen LogP contribution is 2.27. The first-order chi connectivity index (χ1) is 9.49. The molecule has 104 valence electrons. The van der Waals surface area contributed by atoms with Gasteiger partial charge in [0.15, 0.2) is 0 Å². The van der Waals surface area contributed by atoms with Crippen LogP contribution < -0.4 is 10.2 Å². The molecule has 0 saturated carbocycles. The van der Waals surface area contributed by atoms with E-state index < -0.39 is 0 Å². The number of aromatic hydroxyl groups is 1. The largest absolute Gasteiger partial charge is 0.507 e. The summed E-state index contributed by atoms with van der Waals surface area (Å²) in [7, 11) is 3.83. The van der Waals surface area contributed by atoms with Crippen LogP contribution in [0.15, 0.2) is 46.9 Å². The van der Waals surface area contributed by atoms with E-state index in [1.54, 1.807) is 12.1 Å². The summed E-state index contributed by atoms with van der Waals surface area (Å²) < 4.78 is 0.558. The topological polar surface area (TPSA) is 52.6 Å². The zero-order valence-electron chi connectivity index (χ0n) is 11.2. The summed E-state index contributed by atoms with van der Waals surface area (Å²) in [5, 5.41) is 12.5. The van der Waals surface area contributed by atoms with Gasteiger partial charge in [-0.15, -0.1) is 0 Å². The van der Waals surface area contributed by atoms with Crippen molar-refractivity contribution in [2.24, 2.45) is 0 Å². The Balaban J connectivity index is 2.26. The van der Waals surface area contributed by atoms with E-state index in [4.69, 9.17) is 0 Å². The van der Waals surface area contributed by atoms with Gasteiger partial charge in [0.25, 0.3) is 5.91 Å². The van der Waals surface area contributed by atoms with Crippen LogP contribution in [-0.2, 0) is 0 Å². The second-order valence-corrected chi connectivity index (χ2v) is 5.39. The van der Waals surface area contributed by atoms with Gasteiger partial charge in [0.1, 0.15) is 5.75 Å². The van der Waals surface area contributed by atoms with E-state index in [2.05, 4.69) is 21.2 Å². The maximum atomic E-state index is 12.2. The number of benzene rings is 2. The highest BCUT2D eigenvalue weighted by molar-refractivity contribution is 9.10. The van der Waals surface area contributed by atoms with Crippen molar-refractivity contribution in [2.45, 2.75) is 0 Å². The molecule has 2 N–H and O–H groups in total. The first kappa shape index (κ1) is 14.4. The SMILES string of the molecule is CN(C)c1ccccc1NC(=O)c1ccc(Br)c(O)c1. The number of nitrogens with one attached hydrogen (secondary N) is 1. The standard InChI is InChI=1S/C15H15BrN2O2/c1-18(2)13-6-4-3-5-12(13)17-15(20)10-7-8-11(16)14(19)9-10/h3-9,19H,1-2H3,(H,17,20). The van der Waals surface area contributed by atoms with Gasteiger partial charge in [-0.05, 0) is 46.3 Å². The van der Waals surface area contributed by atoms with Crippen LogP contribution in [0.1, 0.15) is 10.4 Å². The fourth-order valence-electron chi connectivity index (χ4n) is 1.82. The molecule has 2 aromatic carbocycles. The van der Waals surface area contributed by atoms with Gasteiger partial charge in [-0.3, -0.25) is 4.79 Å². The second kappa shape index (κ2) is 5.96. The molecule has 0 atom stereocenters. The van der Waals surface area contributed by atoms with Gasteiger partial charge in [0.05, 0.1) is 15.8 Å². The molecule has 0 bridgehead atoms. The Bertz CT molecular complexity index is 642. The summed E-state index contributed by atoms with van der Waals surface area (Å²) in [4.78, 5) is 14.1. The molecule has 2 aromatic rings. The number of halogens is 1. The number of carbonyl (C=O) groups excluding carboxylic acids is 1. The van der Waals surface area contributed by atoms with Crippen molar-refractivity contribution < 1.29 is 9.90 Å². The van der Waals surface area contributed by atoms with Crippen LogP contribution in [0.3, 0.4) is 0 Å². The van der Waals surface area contributed by atoms with Crippen molar-refractivity contribution in [3.05, 3.63) is 52.5 Å². The van der Waals surface area contributed by atoms with Crippen LogP contribution in [0.2, 0.25) is 0 Å². The molecule has 0 aromatic heterocycles. The Labute approximate surface area is 126 Å². The molecule has 0 aliphatic carbocycles. The van der Waals surface area contributed by atoms with Crippen LogP contribution in [0.5, 0.6) is 5.75 Å². The molecule has 0 unspecified atom stereocenters. The summed E-state index contributed by atoms with van der Waals surface area (Å²) in [5.41, 5.74) is 2.05. The van der Waals surface area contributed by atoms with Crippen molar-refractivity contribution in [1.82, 2.24) is 0 Å². The van der Waals surface area contributed by atoms with E-state index in [9.17, 15) is 9.90 Å². The number of hydrogen-bond donors (Lipinski definition) is 2. The minimum absolute atomic E-state index is 0.0403. The van der Waals surface area contributed by atoms with Gasteiger partial charge in [0.2, 0.25) is 0 Å². The maximum absolute atomic E-state index is 12.2. The van der Waals surface area contributed by atoms with Crippen molar-refractivity contribution in [3.63, 3.8) is 0 Å². The average Bonchev–Trinajstić information content (AvgIpc) is 2.42. The molecule has 0 fully saturated rings. The van der Waals surface area contributed by atoms with Crippen molar-refractivity contribution in [1.29, 1.82) is 0 Å². The molecular formula is C15H15BrN2O2. The number of anilines is 2. The van der Waals surface area contributed by atoms with Crippen LogP contribution in [0.4, 0.5) is 11.4 Å². The quantitative estimate of drug-likeness (QED) is 0.903. The molecule has 2 rings (SSSR count). The molecule has 0 aliphatic heterocycles. The fourth-order valence-corrected chi connectivity index (χ4v) is 2.06. The summed E-state index contributed by atoms with van der Waals surface area (Å²) in [5.74, 6) is -0.222. The van der Waals surface area contributed by atoms with Crippen LogP contribution in [0.25, 0.3) is 0 Å². The third-order valence-corrected chi connectivity index (χ3v) is 3.51. The molecule has 20 heavy (non-hydrogen) atoms. The Morgan fingerprint density at radius 3 is 2.55 bits per heavy atom. The minimum Gasteiger partial charge on any atom is -0.507 e. The van der Waals surface area contributed by atoms with Gasteiger partial charge in [0, 0.05) is 19.7 Å². The van der Waals surface area contributed by atoms with Gasteiger partial charge < -0.3 is 15.3 Å². The van der Waals surface area contributed by atoms with E-state index >= 15 is 0 Å². The monoisotopic (exact) mass is 334 g/mol.